The van der Waals surface area contributed by atoms with Gasteiger partial charge in [0.2, 0.25) is 0 Å². The van der Waals surface area contributed by atoms with Crippen LogP contribution in [-0.2, 0) is 6.54 Å². The van der Waals surface area contributed by atoms with Crippen LogP contribution in [0.25, 0.3) is 0 Å². The van der Waals surface area contributed by atoms with Gasteiger partial charge in [0.05, 0.1) is 0 Å². The molecule has 0 aliphatic heterocycles. The van der Waals surface area contributed by atoms with Crippen LogP contribution in [0.15, 0.2) is 18.2 Å². The average Bonchev–Trinajstić information content (AvgIpc) is 2.11. The number of nitrogens with two attached hydrogens (primary N) is 2. The second-order valence-corrected chi connectivity index (χ2v) is 3.39. The molecule has 0 spiro atoms. The minimum Gasteiger partial charge on any atom is -0.399 e. The molecule has 0 heterocycles. The van der Waals surface area contributed by atoms with E-state index in [1.807, 2.05) is 25.1 Å². The van der Waals surface area contributed by atoms with Gasteiger partial charge in [-0.05, 0) is 24.1 Å². The highest BCUT2D eigenvalue weighted by Gasteiger charge is 2.04. The lowest BCUT2D eigenvalue weighted by atomic mass is 10.1. The molecule has 1 aromatic carbocycles. The Labute approximate surface area is 83.5 Å². The molecule has 2 amide bonds. The largest absolute Gasteiger partial charge is 0.399 e. The van der Waals surface area contributed by atoms with Gasteiger partial charge in [-0.3, -0.25) is 0 Å². The number of urea groups is 1. The number of hydrogen-bond donors (Lipinski definition) is 2. The van der Waals surface area contributed by atoms with Gasteiger partial charge in [-0.25, -0.2) is 4.79 Å². The number of carbonyl (C=O) groups is 1. The van der Waals surface area contributed by atoms with Crippen molar-refractivity contribution in [3.8, 4) is 0 Å². The molecule has 1 rings (SSSR count). The molecule has 0 unspecified atom stereocenters. The first-order valence-electron chi connectivity index (χ1n) is 4.36. The molecule has 14 heavy (non-hydrogen) atoms. The summed E-state index contributed by atoms with van der Waals surface area (Å²) in [4.78, 5) is 12.2. The highest BCUT2D eigenvalue weighted by Crippen LogP contribution is 2.13. The van der Waals surface area contributed by atoms with Crippen molar-refractivity contribution in [3.05, 3.63) is 29.3 Å². The van der Waals surface area contributed by atoms with Crippen molar-refractivity contribution in [1.29, 1.82) is 0 Å². The van der Waals surface area contributed by atoms with E-state index in [1.54, 1.807) is 7.05 Å². The quantitative estimate of drug-likeness (QED) is 0.690. The fraction of sp³-hybridized carbons (Fsp3) is 0.300. The van der Waals surface area contributed by atoms with Gasteiger partial charge in [0, 0.05) is 19.3 Å². The summed E-state index contributed by atoms with van der Waals surface area (Å²) in [6, 6.07) is 5.28. The Hall–Kier alpha value is -1.71. The van der Waals surface area contributed by atoms with E-state index in [0.29, 0.717) is 6.54 Å². The molecular formula is C10H15N3O. The van der Waals surface area contributed by atoms with Gasteiger partial charge >= 0.3 is 6.03 Å². The molecule has 0 fully saturated rings. The van der Waals surface area contributed by atoms with Gasteiger partial charge in [0.1, 0.15) is 0 Å². The van der Waals surface area contributed by atoms with Crippen LogP contribution >= 0.6 is 0 Å². The van der Waals surface area contributed by atoms with Crippen LogP contribution in [0.1, 0.15) is 11.1 Å². The van der Waals surface area contributed by atoms with E-state index >= 15 is 0 Å². The standard InChI is InChI=1S/C10H15N3O/c1-7-3-4-8(5-9(7)11)6-13(2)10(12)14/h3-5H,6,11H2,1-2H3,(H2,12,14). The lowest BCUT2D eigenvalue weighted by molar-refractivity contribution is 0.216. The van der Waals surface area contributed by atoms with Crippen molar-refractivity contribution in [2.75, 3.05) is 12.8 Å². The summed E-state index contributed by atoms with van der Waals surface area (Å²) in [5.41, 5.74) is 13.6. The number of nitrogen functional groups attached to an aromatic ring is 1. The second kappa shape index (κ2) is 4.00. The van der Waals surface area contributed by atoms with Crippen molar-refractivity contribution in [1.82, 2.24) is 4.90 Å². The second-order valence-electron chi connectivity index (χ2n) is 3.39. The first-order valence-corrected chi connectivity index (χ1v) is 4.36. The molecule has 0 atom stereocenters. The van der Waals surface area contributed by atoms with Gasteiger partial charge in [0.25, 0.3) is 0 Å². The third kappa shape index (κ3) is 2.39. The van der Waals surface area contributed by atoms with E-state index in [2.05, 4.69) is 0 Å². The Morgan fingerprint density at radius 2 is 2.14 bits per heavy atom. The number of nitrogens with zero attached hydrogens (tertiary/aromatic N) is 1. The van der Waals surface area contributed by atoms with Gasteiger partial charge < -0.3 is 16.4 Å². The number of carbonyl (C=O) groups excluding carboxylic acids is 1. The topological polar surface area (TPSA) is 72.3 Å². The number of anilines is 1. The summed E-state index contributed by atoms with van der Waals surface area (Å²) in [5.74, 6) is 0. The molecule has 4 heteroatoms. The maximum atomic E-state index is 10.8. The zero-order valence-electron chi connectivity index (χ0n) is 8.45. The molecule has 1 aromatic rings. The molecule has 0 aliphatic carbocycles. The number of amides is 2. The molecule has 0 bridgehead atoms. The molecule has 0 radical (unpaired) electrons. The van der Waals surface area contributed by atoms with E-state index in [0.717, 1.165) is 16.8 Å². The van der Waals surface area contributed by atoms with Crippen molar-refractivity contribution in [2.45, 2.75) is 13.5 Å². The zero-order chi connectivity index (χ0) is 10.7. The predicted octanol–water partition coefficient (Wildman–Crippen LogP) is 1.09. The Morgan fingerprint density at radius 3 is 2.64 bits per heavy atom. The van der Waals surface area contributed by atoms with Crippen LogP contribution in [0, 0.1) is 6.92 Å². The molecule has 0 aliphatic rings. The Balaban J connectivity index is 2.78. The van der Waals surface area contributed by atoms with Crippen molar-refractivity contribution >= 4 is 11.7 Å². The molecule has 0 aromatic heterocycles. The van der Waals surface area contributed by atoms with E-state index < -0.39 is 6.03 Å². The first kappa shape index (κ1) is 10.4. The fourth-order valence-electron chi connectivity index (χ4n) is 1.14. The summed E-state index contributed by atoms with van der Waals surface area (Å²) in [6.07, 6.45) is 0. The third-order valence-electron chi connectivity index (χ3n) is 2.14. The molecule has 0 saturated carbocycles. The van der Waals surface area contributed by atoms with Gasteiger partial charge in [-0.15, -0.1) is 0 Å². The number of hydrogen-bond acceptors (Lipinski definition) is 2. The summed E-state index contributed by atoms with van der Waals surface area (Å²) >= 11 is 0. The number of benzene rings is 1. The first-order chi connectivity index (χ1) is 6.50. The van der Waals surface area contributed by atoms with Crippen molar-refractivity contribution in [2.24, 2.45) is 5.73 Å². The predicted molar refractivity (Wildman–Crippen MR) is 56.6 cm³/mol. The maximum absolute atomic E-state index is 10.8. The van der Waals surface area contributed by atoms with Crippen LogP contribution < -0.4 is 11.5 Å². The van der Waals surface area contributed by atoms with Gasteiger partial charge in [0.15, 0.2) is 0 Å². The smallest absolute Gasteiger partial charge is 0.314 e. The normalized spacial score (nSPS) is 9.86. The third-order valence-corrected chi connectivity index (χ3v) is 2.14. The Bertz CT molecular complexity index is 349. The Kier molecular flexibility index (Phi) is 2.96. The van der Waals surface area contributed by atoms with Crippen LogP contribution in [0.5, 0.6) is 0 Å². The van der Waals surface area contributed by atoms with E-state index in [-0.39, 0.29) is 0 Å². The van der Waals surface area contributed by atoms with Gasteiger partial charge in [-0.1, -0.05) is 12.1 Å². The lowest BCUT2D eigenvalue weighted by Gasteiger charge is -2.14. The van der Waals surface area contributed by atoms with E-state index in [4.69, 9.17) is 11.5 Å². The minimum absolute atomic E-state index is 0.441. The highest BCUT2D eigenvalue weighted by atomic mass is 16.2. The monoisotopic (exact) mass is 193 g/mol. The molecule has 4 N–H and O–H groups in total. The van der Waals surface area contributed by atoms with E-state index in [1.165, 1.54) is 4.90 Å². The summed E-state index contributed by atoms with van der Waals surface area (Å²) in [7, 11) is 1.65. The highest BCUT2D eigenvalue weighted by molar-refractivity contribution is 5.71. The SMILES string of the molecule is Cc1ccc(CN(C)C(N)=O)cc1N. The summed E-state index contributed by atoms with van der Waals surface area (Å²) in [6.45, 7) is 2.43. The van der Waals surface area contributed by atoms with Crippen molar-refractivity contribution in [3.63, 3.8) is 0 Å². The number of rotatable bonds is 2. The molecule has 0 saturated heterocycles. The van der Waals surface area contributed by atoms with Crippen LogP contribution in [-0.4, -0.2) is 18.0 Å². The average molecular weight is 193 g/mol. The van der Waals surface area contributed by atoms with Crippen LogP contribution in [0.3, 0.4) is 0 Å². The van der Waals surface area contributed by atoms with Crippen LogP contribution in [0.4, 0.5) is 10.5 Å². The van der Waals surface area contributed by atoms with Crippen LogP contribution in [0.2, 0.25) is 0 Å². The number of primary amides is 1. The molecule has 4 nitrogen and oxygen atoms in total. The Morgan fingerprint density at radius 1 is 1.50 bits per heavy atom. The zero-order valence-corrected chi connectivity index (χ0v) is 8.45. The summed E-state index contributed by atoms with van der Waals surface area (Å²) in [5, 5.41) is 0. The lowest BCUT2D eigenvalue weighted by Crippen LogP contribution is -2.31. The molecule has 76 valence electrons. The maximum Gasteiger partial charge on any atom is 0.314 e. The van der Waals surface area contributed by atoms with E-state index in [9.17, 15) is 4.79 Å². The van der Waals surface area contributed by atoms with Crippen molar-refractivity contribution < 1.29 is 4.79 Å². The van der Waals surface area contributed by atoms with Gasteiger partial charge in [-0.2, -0.15) is 0 Å². The number of aryl methyl sites for hydroxylation is 1. The minimum atomic E-state index is -0.441. The summed E-state index contributed by atoms with van der Waals surface area (Å²) < 4.78 is 0. The molecular weight excluding hydrogens is 178 g/mol. The fourth-order valence-corrected chi connectivity index (χ4v) is 1.14.